The summed E-state index contributed by atoms with van der Waals surface area (Å²) in [5, 5.41) is 7.27. The number of furan rings is 1. The van der Waals surface area contributed by atoms with Crippen LogP contribution in [-0.2, 0) is 23.0 Å². The number of aromatic nitrogens is 2. The van der Waals surface area contributed by atoms with Crippen molar-refractivity contribution in [2.24, 2.45) is 0 Å². The zero-order chi connectivity index (χ0) is 28.8. The average Bonchev–Trinajstić information content (AvgIpc) is 3.43. The second-order valence-corrected chi connectivity index (χ2v) is 12.5. The van der Waals surface area contributed by atoms with Gasteiger partial charge in [-0.05, 0) is 57.9 Å². The summed E-state index contributed by atoms with van der Waals surface area (Å²) in [5.41, 5.74) is 3.36. The van der Waals surface area contributed by atoms with Crippen molar-refractivity contribution in [3.63, 3.8) is 0 Å². The third-order valence-electron chi connectivity index (χ3n) is 6.26. The Morgan fingerprint density at radius 3 is 2.56 bits per heavy atom. The Hall–Kier alpha value is -3.93. The molecule has 0 unspecified atom stereocenters. The number of ether oxygens (including phenoxy) is 2. The third kappa shape index (κ3) is 7.43. The maximum Gasteiger partial charge on any atom is 0.148 e. The molecule has 0 amide bonds. The highest BCUT2D eigenvalue weighted by Crippen LogP contribution is 2.37. The van der Waals surface area contributed by atoms with E-state index in [4.69, 9.17) is 13.9 Å². The van der Waals surface area contributed by atoms with E-state index in [0.717, 1.165) is 32.4 Å². The summed E-state index contributed by atoms with van der Waals surface area (Å²) in [7, 11) is -1.43. The van der Waals surface area contributed by atoms with Gasteiger partial charge in [0, 0.05) is 29.9 Å². The number of hydrogen-bond acceptors (Lipinski definition) is 9. The molecule has 2 N–H and O–H groups in total. The monoisotopic (exact) mass is 636 g/mol. The van der Waals surface area contributed by atoms with Gasteiger partial charge in [-0.1, -0.05) is 30.3 Å². The Morgan fingerprint density at radius 2 is 1.80 bits per heavy atom. The van der Waals surface area contributed by atoms with Crippen LogP contribution in [0.15, 0.2) is 88.0 Å². The van der Waals surface area contributed by atoms with Crippen LogP contribution >= 0.6 is 15.9 Å². The summed E-state index contributed by atoms with van der Waals surface area (Å²) in [6.07, 6.45) is 2.72. The molecule has 0 saturated heterocycles. The normalized spacial score (nSPS) is 11.5. The molecule has 5 rings (SSSR count). The molecule has 0 bridgehead atoms. The minimum absolute atomic E-state index is 0.0643. The van der Waals surface area contributed by atoms with Crippen LogP contribution in [-0.4, -0.2) is 44.0 Å². The molecule has 0 spiro atoms. The van der Waals surface area contributed by atoms with Gasteiger partial charge in [0.05, 0.1) is 35.0 Å². The van der Waals surface area contributed by atoms with Gasteiger partial charge in [0.1, 0.15) is 51.6 Å². The number of anilines is 2. The number of hydrogen-bond donors (Lipinski definition) is 2. The van der Waals surface area contributed by atoms with E-state index in [9.17, 15) is 8.42 Å². The summed E-state index contributed by atoms with van der Waals surface area (Å²) in [6.45, 7) is 1.22. The molecular formula is C30H29BrN4O5S. The maximum atomic E-state index is 11.4. The van der Waals surface area contributed by atoms with Gasteiger partial charge in [0.25, 0.3) is 0 Å². The highest BCUT2D eigenvalue weighted by Gasteiger charge is 2.16. The second-order valence-electron chi connectivity index (χ2n) is 9.41. The molecule has 0 radical (unpaired) electrons. The van der Waals surface area contributed by atoms with Gasteiger partial charge in [-0.2, -0.15) is 0 Å². The van der Waals surface area contributed by atoms with Crippen LogP contribution in [0.5, 0.6) is 11.5 Å². The minimum Gasteiger partial charge on any atom is -0.496 e. The van der Waals surface area contributed by atoms with E-state index in [1.807, 2.05) is 72.8 Å². The van der Waals surface area contributed by atoms with Crippen molar-refractivity contribution < 1.29 is 22.3 Å². The zero-order valence-electron chi connectivity index (χ0n) is 22.6. The van der Waals surface area contributed by atoms with E-state index in [2.05, 4.69) is 36.5 Å². The lowest BCUT2D eigenvalue weighted by Gasteiger charge is -2.13. The van der Waals surface area contributed by atoms with E-state index in [0.29, 0.717) is 48.3 Å². The Morgan fingerprint density at radius 1 is 0.976 bits per heavy atom. The Balaban J connectivity index is 1.35. The van der Waals surface area contributed by atoms with Gasteiger partial charge >= 0.3 is 0 Å². The molecule has 11 heteroatoms. The standard InChI is InChI=1S/C30H29BrN4O5S/c1-38-29-16-26-23(15-24(29)27-11-9-22(40-27)17-32-12-13-41(2,36)37)30(34-19-33-26)35-21-8-10-28(25(31)14-21)39-18-20-6-4-3-5-7-20/h3-11,14-16,19,32H,12-13,17-18H2,1-2H3,(H,33,34,35). The van der Waals surface area contributed by atoms with Crippen LogP contribution in [0.2, 0.25) is 0 Å². The molecule has 41 heavy (non-hydrogen) atoms. The van der Waals surface area contributed by atoms with Crippen LogP contribution in [0.1, 0.15) is 11.3 Å². The van der Waals surface area contributed by atoms with Crippen molar-refractivity contribution in [2.75, 3.05) is 31.0 Å². The van der Waals surface area contributed by atoms with Crippen LogP contribution in [0.4, 0.5) is 11.5 Å². The third-order valence-corrected chi connectivity index (χ3v) is 7.83. The lowest BCUT2D eigenvalue weighted by molar-refractivity contribution is 0.304. The van der Waals surface area contributed by atoms with Crippen LogP contribution < -0.4 is 20.1 Å². The van der Waals surface area contributed by atoms with Crippen LogP contribution in [0, 0.1) is 0 Å². The molecule has 0 aliphatic carbocycles. The molecule has 9 nitrogen and oxygen atoms in total. The lowest BCUT2D eigenvalue weighted by Crippen LogP contribution is -2.21. The topological polar surface area (TPSA) is 116 Å². The van der Waals surface area contributed by atoms with Gasteiger partial charge in [-0.25, -0.2) is 18.4 Å². The van der Waals surface area contributed by atoms with Gasteiger partial charge in [0.15, 0.2) is 0 Å². The molecule has 3 aromatic carbocycles. The lowest BCUT2D eigenvalue weighted by atomic mass is 10.1. The van der Waals surface area contributed by atoms with Gasteiger partial charge in [-0.15, -0.1) is 0 Å². The van der Waals surface area contributed by atoms with Crippen molar-refractivity contribution in [1.82, 2.24) is 15.3 Å². The van der Waals surface area contributed by atoms with Crippen molar-refractivity contribution in [3.05, 3.63) is 94.9 Å². The van der Waals surface area contributed by atoms with Crippen LogP contribution in [0.25, 0.3) is 22.2 Å². The summed E-state index contributed by atoms with van der Waals surface area (Å²) < 4.78 is 41.2. The first-order valence-electron chi connectivity index (χ1n) is 12.8. The summed E-state index contributed by atoms with van der Waals surface area (Å²) in [4.78, 5) is 8.93. The quantitative estimate of drug-likeness (QED) is 0.156. The number of benzene rings is 3. The molecule has 2 aromatic heterocycles. The highest BCUT2D eigenvalue weighted by atomic mass is 79.9. The molecule has 5 aromatic rings. The highest BCUT2D eigenvalue weighted by molar-refractivity contribution is 9.10. The summed E-state index contributed by atoms with van der Waals surface area (Å²) >= 11 is 3.62. The molecule has 0 saturated carbocycles. The zero-order valence-corrected chi connectivity index (χ0v) is 25.0. The second kappa shape index (κ2) is 12.7. The average molecular weight is 638 g/mol. The minimum atomic E-state index is -3.03. The van der Waals surface area contributed by atoms with E-state index in [1.54, 1.807) is 7.11 Å². The molecule has 0 atom stereocenters. The van der Waals surface area contributed by atoms with Crippen molar-refractivity contribution >= 4 is 48.2 Å². The summed E-state index contributed by atoms with van der Waals surface area (Å²) in [6, 6.07) is 23.3. The predicted octanol–water partition coefficient (Wildman–Crippen LogP) is 6.12. The largest absolute Gasteiger partial charge is 0.496 e. The smallest absolute Gasteiger partial charge is 0.148 e. The number of rotatable bonds is 12. The van der Waals surface area contributed by atoms with Crippen molar-refractivity contribution in [1.29, 1.82) is 0 Å². The van der Waals surface area contributed by atoms with Crippen molar-refractivity contribution in [2.45, 2.75) is 13.2 Å². The van der Waals surface area contributed by atoms with E-state index in [1.165, 1.54) is 12.6 Å². The van der Waals surface area contributed by atoms with Gasteiger partial charge in [-0.3, -0.25) is 0 Å². The summed E-state index contributed by atoms with van der Waals surface area (Å²) in [5.74, 6) is 3.32. The number of methoxy groups -OCH3 is 1. The number of nitrogens with one attached hydrogen (secondary N) is 2. The number of nitrogens with zero attached hydrogens (tertiary/aromatic N) is 2. The Labute approximate surface area is 247 Å². The molecular weight excluding hydrogens is 608 g/mol. The molecule has 212 valence electrons. The van der Waals surface area contributed by atoms with Crippen LogP contribution in [0.3, 0.4) is 0 Å². The van der Waals surface area contributed by atoms with E-state index in [-0.39, 0.29) is 5.75 Å². The first kappa shape index (κ1) is 28.6. The van der Waals surface area contributed by atoms with E-state index >= 15 is 0 Å². The fourth-order valence-electron chi connectivity index (χ4n) is 4.20. The first-order chi connectivity index (χ1) is 19.8. The van der Waals surface area contributed by atoms with Gasteiger partial charge < -0.3 is 24.5 Å². The predicted molar refractivity (Wildman–Crippen MR) is 163 cm³/mol. The van der Waals surface area contributed by atoms with Gasteiger partial charge in [0.2, 0.25) is 0 Å². The number of halogens is 1. The number of sulfone groups is 1. The van der Waals surface area contributed by atoms with E-state index < -0.39 is 9.84 Å². The SMILES string of the molecule is COc1cc2ncnc(Nc3ccc(OCc4ccccc4)c(Br)c3)c2cc1-c1ccc(CNCCS(C)(=O)=O)o1. The Bertz CT molecular complexity index is 1760. The Kier molecular flexibility index (Phi) is 8.87. The molecule has 0 aliphatic heterocycles. The van der Waals surface area contributed by atoms with Crippen molar-refractivity contribution in [3.8, 4) is 22.8 Å². The first-order valence-corrected chi connectivity index (χ1v) is 15.7. The maximum absolute atomic E-state index is 11.4. The fourth-order valence-corrected chi connectivity index (χ4v) is 5.21. The molecule has 0 aliphatic rings. The number of fused-ring (bicyclic) bond motifs is 1. The molecule has 2 heterocycles. The fraction of sp³-hybridized carbons (Fsp3) is 0.200. The molecule has 0 fully saturated rings.